The summed E-state index contributed by atoms with van der Waals surface area (Å²) in [7, 11) is 2.67. The van der Waals surface area contributed by atoms with Crippen LogP contribution in [-0.4, -0.2) is 78.6 Å². The Morgan fingerprint density at radius 2 is 1.71 bits per heavy atom. The standard InChI is InChI=1S/C27H40N4O7/c1-26(2,3)38-25(36)31-16-10-15-27(31,4)24(35)30-20(17-18-11-8-7-9-12-18)22(33)29-19(23(34)37-6)13-14-21(32)28-5/h7-9,11-12,19-20H,10,13-17H2,1-6H3,(H,28,32)(H,29,33)(H,30,35)/t19?,20-,27-/m0/s1. The monoisotopic (exact) mass is 532 g/mol. The Balaban J connectivity index is 2.27. The van der Waals surface area contributed by atoms with Gasteiger partial charge in [-0.1, -0.05) is 30.3 Å². The SMILES string of the molecule is CNC(=O)CCC(NC(=O)[C@H](Cc1ccccc1)NC(=O)[C@]1(C)CCCN1C(=O)OC(C)(C)C)C(=O)OC. The van der Waals surface area contributed by atoms with Crippen LogP contribution in [0.3, 0.4) is 0 Å². The van der Waals surface area contributed by atoms with Crippen molar-refractivity contribution in [1.29, 1.82) is 0 Å². The van der Waals surface area contributed by atoms with Crippen LogP contribution in [0, 0.1) is 0 Å². The van der Waals surface area contributed by atoms with Gasteiger partial charge in [-0.25, -0.2) is 9.59 Å². The van der Waals surface area contributed by atoms with Crippen LogP contribution in [0.15, 0.2) is 30.3 Å². The van der Waals surface area contributed by atoms with E-state index in [1.165, 1.54) is 19.1 Å². The lowest BCUT2D eigenvalue weighted by Crippen LogP contribution is -2.61. The number of carbonyl (C=O) groups excluding carboxylic acids is 5. The molecule has 1 unspecified atom stereocenters. The molecule has 0 aromatic heterocycles. The quantitative estimate of drug-likeness (QED) is 0.389. The fraction of sp³-hybridized carbons (Fsp3) is 0.593. The van der Waals surface area contributed by atoms with Crippen molar-refractivity contribution in [3.05, 3.63) is 35.9 Å². The van der Waals surface area contributed by atoms with Crippen LogP contribution < -0.4 is 16.0 Å². The van der Waals surface area contributed by atoms with E-state index in [2.05, 4.69) is 16.0 Å². The van der Waals surface area contributed by atoms with E-state index in [4.69, 9.17) is 9.47 Å². The Morgan fingerprint density at radius 1 is 1.05 bits per heavy atom. The van der Waals surface area contributed by atoms with Gasteiger partial charge in [0.15, 0.2) is 0 Å². The largest absolute Gasteiger partial charge is 0.467 e. The summed E-state index contributed by atoms with van der Waals surface area (Å²) in [5, 5.41) is 7.90. The lowest BCUT2D eigenvalue weighted by molar-refractivity contribution is -0.145. The van der Waals surface area contributed by atoms with E-state index in [0.29, 0.717) is 19.4 Å². The molecule has 3 atom stereocenters. The summed E-state index contributed by atoms with van der Waals surface area (Å²) in [6.07, 6.45) is 0.557. The molecule has 0 radical (unpaired) electrons. The maximum absolute atomic E-state index is 13.6. The molecule has 1 heterocycles. The van der Waals surface area contributed by atoms with E-state index in [1.54, 1.807) is 27.7 Å². The van der Waals surface area contributed by atoms with Crippen molar-refractivity contribution in [2.24, 2.45) is 0 Å². The number of nitrogens with one attached hydrogen (secondary N) is 3. The summed E-state index contributed by atoms with van der Waals surface area (Å²) >= 11 is 0. The first-order valence-electron chi connectivity index (χ1n) is 12.7. The first kappa shape index (κ1) is 30.6. The normalized spacial score (nSPS) is 18.6. The smallest absolute Gasteiger partial charge is 0.411 e. The Hall–Kier alpha value is -3.63. The van der Waals surface area contributed by atoms with Gasteiger partial charge in [0, 0.05) is 26.4 Å². The predicted molar refractivity (Wildman–Crippen MR) is 140 cm³/mol. The van der Waals surface area contributed by atoms with Gasteiger partial charge >= 0.3 is 12.1 Å². The maximum atomic E-state index is 13.6. The fourth-order valence-corrected chi connectivity index (χ4v) is 4.25. The van der Waals surface area contributed by atoms with E-state index in [0.717, 1.165) is 5.56 Å². The van der Waals surface area contributed by atoms with Crippen LogP contribution in [0.1, 0.15) is 58.9 Å². The molecule has 1 aliphatic heterocycles. The van der Waals surface area contributed by atoms with Crippen molar-refractivity contribution in [2.75, 3.05) is 20.7 Å². The van der Waals surface area contributed by atoms with Crippen molar-refractivity contribution in [1.82, 2.24) is 20.9 Å². The number of esters is 1. The zero-order chi connectivity index (χ0) is 28.5. The van der Waals surface area contributed by atoms with Crippen molar-refractivity contribution in [3.63, 3.8) is 0 Å². The molecule has 2 rings (SSSR count). The molecule has 3 N–H and O–H groups in total. The van der Waals surface area contributed by atoms with Crippen LogP contribution >= 0.6 is 0 Å². The van der Waals surface area contributed by atoms with Crippen LogP contribution in [0.4, 0.5) is 4.79 Å². The topological polar surface area (TPSA) is 143 Å². The van der Waals surface area contributed by atoms with E-state index in [-0.39, 0.29) is 25.2 Å². The second-order valence-electron chi connectivity index (χ2n) is 10.5. The summed E-state index contributed by atoms with van der Waals surface area (Å²) in [5.41, 5.74) is -1.17. The third-order valence-corrected chi connectivity index (χ3v) is 6.39. The number of hydrogen-bond donors (Lipinski definition) is 3. The van der Waals surface area contributed by atoms with Crippen molar-refractivity contribution in [2.45, 2.75) is 83.0 Å². The van der Waals surface area contributed by atoms with E-state index in [9.17, 15) is 24.0 Å². The Labute approximate surface area is 224 Å². The van der Waals surface area contributed by atoms with Gasteiger partial charge in [-0.15, -0.1) is 0 Å². The van der Waals surface area contributed by atoms with Crippen LogP contribution in [0.2, 0.25) is 0 Å². The lowest BCUT2D eigenvalue weighted by Gasteiger charge is -2.36. The molecule has 1 aromatic carbocycles. The minimum atomic E-state index is -1.22. The van der Waals surface area contributed by atoms with E-state index >= 15 is 0 Å². The summed E-state index contributed by atoms with van der Waals surface area (Å²) in [5.74, 6) is -2.11. The number of likely N-dealkylation sites (tertiary alicyclic amines) is 1. The third kappa shape index (κ3) is 8.46. The number of hydrogen-bond acceptors (Lipinski definition) is 7. The number of amides is 4. The summed E-state index contributed by atoms with van der Waals surface area (Å²) < 4.78 is 10.3. The van der Waals surface area contributed by atoms with Crippen molar-refractivity contribution < 1.29 is 33.4 Å². The molecule has 1 saturated heterocycles. The van der Waals surface area contributed by atoms with Crippen LogP contribution in [0.5, 0.6) is 0 Å². The minimum absolute atomic E-state index is 0.00478. The van der Waals surface area contributed by atoms with E-state index in [1.807, 2.05) is 30.3 Å². The van der Waals surface area contributed by atoms with E-state index < -0.39 is 47.1 Å². The number of carbonyl (C=O) groups is 5. The molecule has 0 aliphatic carbocycles. The van der Waals surface area contributed by atoms with Crippen LogP contribution in [-0.2, 0) is 35.1 Å². The van der Waals surface area contributed by atoms with Crippen LogP contribution in [0.25, 0.3) is 0 Å². The van der Waals surface area contributed by atoms with Crippen molar-refractivity contribution >= 4 is 29.8 Å². The molecular weight excluding hydrogens is 492 g/mol. The number of benzene rings is 1. The molecule has 210 valence electrons. The first-order valence-corrected chi connectivity index (χ1v) is 12.7. The first-order chi connectivity index (χ1) is 17.8. The molecule has 1 aromatic rings. The Bertz CT molecular complexity index is 1010. The average Bonchev–Trinajstić information content (AvgIpc) is 3.27. The zero-order valence-electron chi connectivity index (χ0n) is 23.1. The molecular formula is C27H40N4O7. The van der Waals surface area contributed by atoms with Gasteiger partial charge in [0.05, 0.1) is 7.11 Å². The second kappa shape index (κ2) is 13.3. The molecule has 1 aliphatic rings. The number of nitrogens with zero attached hydrogens (tertiary/aromatic N) is 1. The van der Waals surface area contributed by atoms with Gasteiger partial charge in [0.2, 0.25) is 17.7 Å². The second-order valence-corrected chi connectivity index (χ2v) is 10.5. The molecule has 1 fully saturated rings. The molecule has 0 bridgehead atoms. The third-order valence-electron chi connectivity index (χ3n) is 6.39. The van der Waals surface area contributed by atoms with Gasteiger partial charge in [0.25, 0.3) is 0 Å². The summed E-state index contributed by atoms with van der Waals surface area (Å²) in [6.45, 7) is 7.25. The molecule has 0 saturated carbocycles. The van der Waals surface area contributed by atoms with Crippen molar-refractivity contribution in [3.8, 4) is 0 Å². The number of ether oxygens (including phenoxy) is 2. The highest BCUT2D eigenvalue weighted by molar-refractivity contribution is 5.95. The highest BCUT2D eigenvalue weighted by Gasteiger charge is 2.48. The summed E-state index contributed by atoms with van der Waals surface area (Å²) in [4.78, 5) is 65.3. The lowest BCUT2D eigenvalue weighted by atomic mass is 9.96. The predicted octanol–water partition coefficient (Wildman–Crippen LogP) is 1.69. The van der Waals surface area contributed by atoms with Gasteiger partial charge < -0.3 is 25.4 Å². The molecule has 0 spiro atoms. The highest BCUT2D eigenvalue weighted by atomic mass is 16.6. The molecule has 38 heavy (non-hydrogen) atoms. The van der Waals surface area contributed by atoms with Gasteiger partial charge in [0.1, 0.15) is 23.2 Å². The molecule has 4 amide bonds. The zero-order valence-corrected chi connectivity index (χ0v) is 23.1. The number of rotatable bonds is 10. The average molecular weight is 533 g/mol. The molecule has 11 nitrogen and oxygen atoms in total. The highest BCUT2D eigenvalue weighted by Crippen LogP contribution is 2.31. The summed E-state index contributed by atoms with van der Waals surface area (Å²) in [6, 6.07) is 6.96. The number of methoxy groups -OCH3 is 1. The maximum Gasteiger partial charge on any atom is 0.411 e. The Morgan fingerprint density at radius 3 is 2.29 bits per heavy atom. The molecule has 11 heteroatoms. The fourth-order valence-electron chi connectivity index (χ4n) is 4.25. The van der Waals surface area contributed by atoms with Gasteiger partial charge in [-0.05, 0) is 52.5 Å². The Kier molecular flexibility index (Phi) is 10.7. The minimum Gasteiger partial charge on any atom is -0.467 e. The van der Waals surface area contributed by atoms with Gasteiger partial charge in [-0.2, -0.15) is 0 Å². The van der Waals surface area contributed by atoms with Gasteiger partial charge in [-0.3, -0.25) is 19.3 Å².